The summed E-state index contributed by atoms with van der Waals surface area (Å²) in [6, 6.07) is 0.0940. The van der Waals surface area contributed by atoms with Crippen LogP contribution in [0.4, 0.5) is 0 Å². The molecule has 4 nitrogen and oxygen atoms in total. The summed E-state index contributed by atoms with van der Waals surface area (Å²) < 4.78 is 1.64. The van der Waals surface area contributed by atoms with Crippen molar-refractivity contribution < 1.29 is 10.2 Å². The van der Waals surface area contributed by atoms with Gasteiger partial charge in [-0.2, -0.15) is 5.10 Å². The minimum absolute atomic E-state index is 0.0402. The summed E-state index contributed by atoms with van der Waals surface area (Å²) in [6.07, 6.45) is -0.350. The predicted molar refractivity (Wildman–Crippen MR) is 63.4 cm³/mol. The van der Waals surface area contributed by atoms with Crippen LogP contribution in [0.2, 0.25) is 5.02 Å². The molecule has 0 spiro atoms. The molecule has 0 aliphatic carbocycles. The minimum Gasteiger partial charge on any atom is -0.390 e. The van der Waals surface area contributed by atoms with Gasteiger partial charge in [0.2, 0.25) is 0 Å². The molecular formula is C11H19ClN2O2. The van der Waals surface area contributed by atoms with Gasteiger partial charge in [-0.05, 0) is 19.8 Å². The fraction of sp³-hybridized carbons (Fsp3) is 0.727. The molecule has 0 saturated carbocycles. The highest BCUT2D eigenvalue weighted by Crippen LogP contribution is 2.29. The van der Waals surface area contributed by atoms with Crippen molar-refractivity contribution in [3.05, 3.63) is 16.9 Å². The van der Waals surface area contributed by atoms with Crippen molar-refractivity contribution >= 4 is 11.6 Å². The van der Waals surface area contributed by atoms with Crippen molar-refractivity contribution in [1.82, 2.24) is 9.78 Å². The molecule has 1 aromatic heterocycles. The molecule has 0 fully saturated rings. The Bertz CT molecular complexity index is 350. The van der Waals surface area contributed by atoms with Gasteiger partial charge < -0.3 is 10.2 Å². The second-order valence-corrected chi connectivity index (χ2v) is 5.00. The van der Waals surface area contributed by atoms with Gasteiger partial charge >= 0.3 is 0 Å². The molecule has 0 bridgehead atoms. The number of hydrogen-bond acceptors (Lipinski definition) is 3. The van der Waals surface area contributed by atoms with E-state index in [1.54, 1.807) is 4.68 Å². The summed E-state index contributed by atoms with van der Waals surface area (Å²) in [5.74, 6) is -0.0402. The largest absolute Gasteiger partial charge is 0.390 e. The maximum Gasteiger partial charge on any atom is 0.123 e. The first-order valence-corrected chi connectivity index (χ1v) is 5.83. The third-order valence-corrected chi connectivity index (χ3v) is 2.85. The van der Waals surface area contributed by atoms with Crippen molar-refractivity contribution in [2.45, 2.75) is 45.9 Å². The van der Waals surface area contributed by atoms with Gasteiger partial charge in [0.1, 0.15) is 6.10 Å². The molecule has 0 radical (unpaired) electrons. The van der Waals surface area contributed by atoms with Gasteiger partial charge in [-0.3, -0.25) is 4.68 Å². The van der Waals surface area contributed by atoms with Crippen LogP contribution < -0.4 is 0 Å². The fourth-order valence-corrected chi connectivity index (χ4v) is 1.81. The second kappa shape index (κ2) is 5.17. The van der Waals surface area contributed by atoms with Crippen LogP contribution in [0.25, 0.3) is 0 Å². The van der Waals surface area contributed by atoms with Crippen LogP contribution in [-0.4, -0.2) is 26.1 Å². The van der Waals surface area contributed by atoms with Crippen molar-refractivity contribution in [3.63, 3.8) is 0 Å². The first kappa shape index (κ1) is 13.5. The van der Waals surface area contributed by atoms with E-state index >= 15 is 0 Å². The Kier molecular flexibility index (Phi) is 4.35. The zero-order valence-electron chi connectivity index (χ0n) is 10.1. The summed E-state index contributed by atoms with van der Waals surface area (Å²) in [4.78, 5) is 0. The number of aliphatic hydroxyl groups excluding tert-OH is 2. The van der Waals surface area contributed by atoms with Crippen LogP contribution in [0.1, 0.15) is 45.5 Å². The SMILES string of the molecule is CC(C)C(O)C(O)c1c(Cl)cnn1C(C)C. The highest BCUT2D eigenvalue weighted by molar-refractivity contribution is 6.31. The molecule has 0 aliphatic rings. The van der Waals surface area contributed by atoms with E-state index in [0.29, 0.717) is 10.7 Å². The van der Waals surface area contributed by atoms with E-state index in [9.17, 15) is 10.2 Å². The van der Waals surface area contributed by atoms with E-state index in [0.717, 1.165) is 0 Å². The Balaban J connectivity index is 3.06. The van der Waals surface area contributed by atoms with Gasteiger partial charge in [-0.1, -0.05) is 25.4 Å². The molecule has 2 unspecified atom stereocenters. The Morgan fingerprint density at radius 3 is 2.25 bits per heavy atom. The lowest BCUT2D eigenvalue weighted by molar-refractivity contribution is -0.0144. The molecule has 1 rings (SSSR count). The Hall–Kier alpha value is -0.580. The molecule has 1 aromatic rings. The third kappa shape index (κ3) is 2.56. The zero-order valence-corrected chi connectivity index (χ0v) is 10.8. The average molecular weight is 247 g/mol. The molecule has 5 heteroatoms. The standard InChI is InChI=1S/C11H19ClN2O2/c1-6(2)10(15)11(16)9-8(12)5-13-14(9)7(3)4/h5-7,10-11,15-16H,1-4H3. The molecule has 0 aromatic carbocycles. The van der Waals surface area contributed by atoms with Crippen molar-refractivity contribution in [1.29, 1.82) is 0 Å². The molecule has 2 atom stereocenters. The number of aromatic nitrogens is 2. The van der Waals surface area contributed by atoms with Crippen LogP contribution in [0.5, 0.6) is 0 Å². The van der Waals surface area contributed by atoms with E-state index in [2.05, 4.69) is 5.10 Å². The van der Waals surface area contributed by atoms with Gasteiger partial charge in [0.15, 0.2) is 0 Å². The first-order valence-electron chi connectivity index (χ1n) is 5.45. The van der Waals surface area contributed by atoms with Crippen LogP contribution in [0.3, 0.4) is 0 Å². The van der Waals surface area contributed by atoms with Crippen molar-refractivity contribution in [3.8, 4) is 0 Å². The van der Waals surface area contributed by atoms with Gasteiger partial charge in [0.25, 0.3) is 0 Å². The molecule has 0 aliphatic heterocycles. The summed E-state index contributed by atoms with van der Waals surface area (Å²) >= 11 is 5.98. The van der Waals surface area contributed by atoms with E-state index < -0.39 is 12.2 Å². The van der Waals surface area contributed by atoms with Gasteiger partial charge in [-0.15, -0.1) is 0 Å². The first-order chi connectivity index (χ1) is 7.36. The quantitative estimate of drug-likeness (QED) is 0.856. The summed E-state index contributed by atoms with van der Waals surface area (Å²) in [5, 5.41) is 24.4. The van der Waals surface area contributed by atoms with Gasteiger partial charge in [-0.25, -0.2) is 0 Å². The maximum atomic E-state index is 10.1. The Labute approximate surface area is 101 Å². The smallest absolute Gasteiger partial charge is 0.123 e. The average Bonchev–Trinajstić information content (AvgIpc) is 2.57. The fourth-order valence-electron chi connectivity index (χ4n) is 1.57. The molecule has 0 amide bonds. The predicted octanol–water partition coefficient (Wildman–Crippen LogP) is 2.17. The second-order valence-electron chi connectivity index (χ2n) is 4.60. The highest BCUT2D eigenvalue weighted by atomic mass is 35.5. The number of hydrogen-bond donors (Lipinski definition) is 2. The number of nitrogens with zero attached hydrogens (tertiary/aromatic N) is 2. The summed E-state index contributed by atoms with van der Waals surface area (Å²) in [7, 11) is 0. The number of halogens is 1. The topological polar surface area (TPSA) is 58.3 Å². The molecule has 2 N–H and O–H groups in total. The normalized spacial score (nSPS) is 15.8. The molecular weight excluding hydrogens is 228 g/mol. The summed E-state index contributed by atoms with van der Waals surface area (Å²) in [5.41, 5.74) is 0.484. The monoisotopic (exact) mass is 246 g/mol. The Morgan fingerprint density at radius 1 is 1.25 bits per heavy atom. The molecule has 0 saturated heterocycles. The number of rotatable bonds is 4. The van der Waals surface area contributed by atoms with Crippen molar-refractivity contribution in [2.24, 2.45) is 5.92 Å². The van der Waals surface area contributed by atoms with Crippen LogP contribution >= 0.6 is 11.6 Å². The van der Waals surface area contributed by atoms with Crippen LogP contribution in [0.15, 0.2) is 6.20 Å². The van der Waals surface area contributed by atoms with E-state index in [1.807, 2.05) is 27.7 Å². The zero-order chi connectivity index (χ0) is 12.5. The molecule has 16 heavy (non-hydrogen) atoms. The van der Waals surface area contributed by atoms with Crippen LogP contribution in [-0.2, 0) is 0 Å². The van der Waals surface area contributed by atoms with Gasteiger partial charge in [0.05, 0.1) is 23.0 Å². The Morgan fingerprint density at radius 2 is 1.81 bits per heavy atom. The minimum atomic E-state index is -1.00. The van der Waals surface area contributed by atoms with Crippen LogP contribution in [0, 0.1) is 5.92 Å². The van der Waals surface area contributed by atoms with Gasteiger partial charge in [0, 0.05) is 6.04 Å². The lowest BCUT2D eigenvalue weighted by Gasteiger charge is -2.23. The summed E-state index contributed by atoms with van der Waals surface area (Å²) in [6.45, 7) is 7.58. The highest BCUT2D eigenvalue weighted by Gasteiger charge is 2.27. The number of aliphatic hydroxyl groups is 2. The third-order valence-electron chi connectivity index (χ3n) is 2.56. The van der Waals surface area contributed by atoms with Crippen molar-refractivity contribution in [2.75, 3.05) is 0 Å². The van der Waals surface area contributed by atoms with E-state index in [-0.39, 0.29) is 12.0 Å². The maximum absolute atomic E-state index is 10.1. The molecule has 1 heterocycles. The molecule has 92 valence electrons. The van der Waals surface area contributed by atoms with E-state index in [1.165, 1.54) is 6.20 Å². The van der Waals surface area contributed by atoms with E-state index in [4.69, 9.17) is 11.6 Å². The lowest BCUT2D eigenvalue weighted by Crippen LogP contribution is -2.26. The lowest BCUT2D eigenvalue weighted by atomic mass is 9.99.